The van der Waals surface area contributed by atoms with Crippen molar-refractivity contribution in [2.24, 2.45) is 0 Å². The molecular weight excluding hydrogens is 536 g/mol. The molecule has 2 aromatic rings. The van der Waals surface area contributed by atoms with Crippen LogP contribution in [0.3, 0.4) is 0 Å². The maximum atomic E-state index is 13.7. The molecule has 3 amide bonds. The largest absolute Gasteiger partial charge is 0.491 e. The number of benzene rings is 2. The lowest BCUT2D eigenvalue weighted by Gasteiger charge is -2.27. The van der Waals surface area contributed by atoms with Gasteiger partial charge in [0.1, 0.15) is 6.04 Å². The SMILES string of the molecule is C[C@@H](O)[C@H](CC(=O)O)NC(=O)[C@@H]1CC(NC(=O)c2ccc3c(c2)B(O)OC3)CN1C(=O)c1ccc2c(c1)B(O)OC2. The highest BCUT2D eigenvalue weighted by Gasteiger charge is 2.42. The molecule has 4 atom stereocenters. The fourth-order valence-corrected chi connectivity index (χ4v) is 5.36. The number of amides is 3. The average Bonchev–Trinajstić information content (AvgIpc) is 3.64. The first-order chi connectivity index (χ1) is 19.5. The van der Waals surface area contributed by atoms with Gasteiger partial charge in [-0.1, -0.05) is 12.1 Å². The molecule has 0 saturated carbocycles. The molecule has 0 bridgehead atoms. The van der Waals surface area contributed by atoms with Crippen molar-refractivity contribution in [1.29, 1.82) is 0 Å². The number of carbonyl (C=O) groups excluding carboxylic acids is 3. The van der Waals surface area contributed by atoms with Crippen LogP contribution in [0.15, 0.2) is 36.4 Å². The van der Waals surface area contributed by atoms with Crippen molar-refractivity contribution in [2.45, 2.75) is 57.2 Å². The minimum atomic E-state index is -1.22. The van der Waals surface area contributed by atoms with E-state index in [1.54, 1.807) is 24.3 Å². The van der Waals surface area contributed by atoms with Crippen molar-refractivity contribution in [3.05, 3.63) is 58.7 Å². The Balaban J connectivity index is 1.37. The van der Waals surface area contributed by atoms with Crippen LogP contribution in [-0.4, -0.2) is 93.9 Å². The van der Waals surface area contributed by atoms with Gasteiger partial charge >= 0.3 is 20.2 Å². The molecule has 2 aromatic carbocycles. The van der Waals surface area contributed by atoms with Crippen LogP contribution in [0.4, 0.5) is 0 Å². The predicted molar refractivity (Wildman–Crippen MR) is 144 cm³/mol. The number of nitrogens with zero attached hydrogens (tertiary/aromatic N) is 1. The van der Waals surface area contributed by atoms with Gasteiger partial charge in [-0.15, -0.1) is 0 Å². The highest BCUT2D eigenvalue weighted by atomic mass is 16.5. The lowest BCUT2D eigenvalue weighted by Crippen LogP contribution is -2.52. The summed E-state index contributed by atoms with van der Waals surface area (Å²) < 4.78 is 10.4. The van der Waals surface area contributed by atoms with E-state index in [-0.39, 0.29) is 37.3 Å². The lowest BCUT2D eigenvalue weighted by atomic mass is 9.78. The molecule has 6 N–H and O–H groups in total. The number of carboxylic acid groups (broad SMARTS) is 1. The number of carboxylic acids is 1. The first-order valence-corrected chi connectivity index (χ1v) is 13.2. The first-order valence-electron chi connectivity index (χ1n) is 13.2. The highest BCUT2D eigenvalue weighted by Crippen LogP contribution is 2.23. The van der Waals surface area contributed by atoms with Crippen molar-refractivity contribution in [3.8, 4) is 0 Å². The van der Waals surface area contributed by atoms with E-state index in [9.17, 15) is 39.4 Å². The summed E-state index contributed by atoms with van der Waals surface area (Å²) in [4.78, 5) is 52.7. The van der Waals surface area contributed by atoms with Gasteiger partial charge < -0.3 is 45.1 Å². The minimum absolute atomic E-state index is 0.0241. The van der Waals surface area contributed by atoms with Crippen molar-refractivity contribution >= 4 is 48.9 Å². The molecule has 13 nitrogen and oxygen atoms in total. The second-order valence-corrected chi connectivity index (χ2v) is 10.5. The van der Waals surface area contributed by atoms with Gasteiger partial charge in [0.2, 0.25) is 5.91 Å². The zero-order valence-corrected chi connectivity index (χ0v) is 22.1. The Bertz CT molecular complexity index is 1390. The highest BCUT2D eigenvalue weighted by molar-refractivity contribution is 6.62. The number of rotatable bonds is 8. The van der Waals surface area contributed by atoms with E-state index in [1.165, 1.54) is 24.0 Å². The second kappa shape index (κ2) is 11.6. The number of likely N-dealkylation sites (tertiary alicyclic amines) is 1. The molecule has 3 aliphatic heterocycles. The Morgan fingerprint density at radius 2 is 1.59 bits per heavy atom. The van der Waals surface area contributed by atoms with Crippen molar-refractivity contribution < 1.29 is 48.7 Å². The number of carbonyl (C=O) groups is 4. The molecular formula is C26H29B2N3O10. The third-order valence-electron chi connectivity index (χ3n) is 7.63. The topological polar surface area (TPSA) is 195 Å². The van der Waals surface area contributed by atoms with Crippen molar-refractivity contribution in [1.82, 2.24) is 15.5 Å². The number of nitrogens with one attached hydrogen (secondary N) is 2. The van der Waals surface area contributed by atoms with Crippen LogP contribution in [0.5, 0.6) is 0 Å². The Morgan fingerprint density at radius 3 is 2.17 bits per heavy atom. The number of fused-ring (bicyclic) bond motifs is 2. The van der Waals surface area contributed by atoms with Gasteiger partial charge in [-0.3, -0.25) is 19.2 Å². The number of aliphatic hydroxyl groups excluding tert-OH is 1. The standard InChI is InChI=1S/C26H29B2N3O10/c1-13(32)21(9-23(33)34)30-25(36)22-8-18(29-24(35)14-2-4-16-11-40-27(38)19(16)6-14)10-31(22)26(37)15-3-5-17-12-41-28(39)20(17)7-15/h2-7,13,18,21-22,32,38-39H,8-12H2,1H3,(H,29,35)(H,30,36)(H,33,34)/t13-,18?,21+,22+/m1/s1. The van der Waals surface area contributed by atoms with Crippen LogP contribution in [0.2, 0.25) is 0 Å². The van der Waals surface area contributed by atoms with Crippen LogP contribution in [-0.2, 0) is 32.1 Å². The van der Waals surface area contributed by atoms with E-state index >= 15 is 0 Å². The van der Waals surface area contributed by atoms with Gasteiger partial charge in [0.05, 0.1) is 31.8 Å². The van der Waals surface area contributed by atoms with E-state index in [4.69, 9.17) is 9.31 Å². The van der Waals surface area contributed by atoms with Gasteiger partial charge in [0.15, 0.2) is 0 Å². The zero-order valence-electron chi connectivity index (χ0n) is 22.1. The minimum Gasteiger partial charge on any atom is -0.481 e. The van der Waals surface area contributed by atoms with Gasteiger partial charge in [-0.2, -0.15) is 0 Å². The Labute approximate surface area is 235 Å². The zero-order chi connectivity index (χ0) is 29.4. The van der Waals surface area contributed by atoms with Gasteiger partial charge in [-0.05, 0) is 59.7 Å². The summed E-state index contributed by atoms with van der Waals surface area (Å²) in [5.41, 5.74) is 2.89. The van der Waals surface area contributed by atoms with Crippen LogP contribution >= 0.6 is 0 Å². The van der Waals surface area contributed by atoms with Crippen LogP contribution in [0, 0.1) is 0 Å². The third-order valence-corrected chi connectivity index (χ3v) is 7.63. The summed E-state index contributed by atoms with van der Waals surface area (Å²) in [5.74, 6) is -2.90. The molecule has 214 valence electrons. The summed E-state index contributed by atoms with van der Waals surface area (Å²) in [6.07, 6.45) is -1.68. The molecule has 1 unspecified atom stereocenters. The van der Waals surface area contributed by atoms with Crippen molar-refractivity contribution in [3.63, 3.8) is 0 Å². The van der Waals surface area contributed by atoms with Gasteiger partial charge in [-0.25, -0.2) is 0 Å². The van der Waals surface area contributed by atoms with E-state index in [0.717, 1.165) is 11.1 Å². The normalized spacial score (nSPS) is 20.8. The van der Waals surface area contributed by atoms with Crippen molar-refractivity contribution in [2.75, 3.05) is 6.54 Å². The quantitative estimate of drug-likeness (QED) is 0.186. The van der Waals surface area contributed by atoms with E-state index in [0.29, 0.717) is 10.9 Å². The maximum Gasteiger partial charge on any atom is 0.491 e. The summed E-state index contributed by atoms with van der Waals surface area (Å²) in [7, 11) is -2.31. The van der Waals surface area contributed by atoms with Gasteiger partial charge in [0, 0.05) is 23.7 Å². The molecule has 3 heterocycles. The fraction of sp³-hybridized carbons (Fsp3) is 0.385. The maximum absolute atomic E-state index is 13.7. The fourth-order valence-electron chi connectivity index (χ4n) is 5.36. The molecule has 1 saturated heterocycles. The molecule has 3 aliphatic rings. The molecule has 5 rings (SSSR count). The number of hydrogen-bond donors (Lipinski definition) is 6. The van der Waals surface area contributed by atoms with Gasteiger partial charge in [0.25, 0.3) is 11.8 Å². The molecule has 1 fully saturated rings. The Morgan fingerprint density at radius 1 is 1.00 bits per heavy atom. The second-order valence-electron chi connectivity index (χ2n) is 10.5. The first kappa shape index (κ1) is 28.8. The number of aliphatic carboxylic acids is 1. The molecule has 41 heavy (non-hydrogen) atoms. The number of aliphatic hydroxyl groups is 1. The smallest absolute Gasteiger partial charge is 0.481 e. The molecule has 0 radical (unpaired) electrons. The van der Waals surface area contributed by atoms with E-state index < -0.39 is 68.6 Å². The Kier molecular flexibility index (Phi) is 8.16. The summed E-state index contributed by atoms with van der Waals surface area (Å²) >= 11 is 0. The monoisotopic (exact) mass is 565 g/mol. The third kappa shape index (κ3) is 5.99. The van der Waals surface area contributed by atoms with Crippen LogP contribution in [0.1, 0.15) is 51.6 Å². The van der Waals surface area contributed by atoms with Crippen LogP contribution in [0.25, 0.3) is 0 Å². The lowest BCUT2D eigenvalue weighted by molar-refractivity contribution is -0.138. The van der Waals surface area contributed by atoms with E-state index in [2.05, 4.69) is 10.6 Å². The van der Waals surface area contributed by atoms with E-state index in [1.807, 2.05) is 0 Å². The van der Waals surface area contributed by atoms with Crippen LogP contribution < -0.4 is 21.6 Å². The molecule has 0 aromatic heterocycles. The molecule has 15 heteroatoms. The predicted octanol–water partition coefficient (Wildman–Crippen LogP) is -2.52. The summed E-state index contributed by atoms with van der Waals surface area (Å²) in [5, 5.41) is 44.7. The molecule has 0 aliphatic carbocycles. The summed E-state index contributed by atoms with van der Waals surface area (Å²) in [6.45, 7) is 1.75. The summed E-state index contributed by atoms with van der Waals surface area (Å²) in [6, 6.07) is 6.68. The average molecular weight is 565 g/mol. The molecule has 0 spiro atoms. The number of hydrogen-bond acceptors (Lipinski definition) is 9. The Hall–Kier alpha value is -3.75.